The largest absolute Gasteiger partial charge is 4.00 e. The molecule has 1 N–H and O–H groups in total. The molecule has 0 fully saturated rings. The van der Waals surface area contributed by atoms with Crippen molar-refractivity contribution in [3.8, 4) is 0 Å². The van der Waals surface area contributed by atoms with Gasteiger partial charge >= 0.3 is 25.8 Å². The fourth-order valence-electron chi connectivity index (χ4n) is 0. The Morgan fingerprint density at radius 3 is 0.769 bits per heavy atom. The molecule has 0 rings (SSSR count). The molecule has 0 aliphatic rings. The van der Waals surface area contributed by atoms with E-state index in [-0.39, 0.29) is 25.8 Å². The van der Waals surface area contributed by atoms with Gasteiger partial charge in [-0.15, -0.1) is 0 Å². The third-order valence-corrected chi connectivity index (χ3v) is 0. The fourth-order valence-corrected chi connectivity index (χ4v) is 0. The summed E-state index contributed by atoms with van der Waals surface area (Å²) >= 11 is 0. The first-order valence-corrected chi connectivity index (χ1v) is 4.45. The van der Waals surface area contributed by atoms with E-state index in [2.05, 4.69) is 0 Å². The molecule has 0 aliphatic heterocycles. The molecule has 13 heavy (non-hydrogen) atoms. The van der Waals surface area contributed by atoms with Gasteiger partial charge in [0.25, 0.3) is 0 Å². The van der Waals surface area contributed by atoms with E-state index in [0.717, 1.165) is 7.11 Å². The van der Waals surface area contributed by atoms with Crippen molar-refractivity contribution < 1.29 is 66.0 Å². The molecule has 0 radical (unpaired) electrons. The Morgan fingerprint density at radius 1 is 0.769 bits per heavy atom. The summed E-state index contributed by atoms with van der Waals surface area (Å²) in [5.41, 5.74) is 0. The van der Waals surface area contributed by atoms with E-state index in [1.807, 2.05) is 0 Å². The van der Waals surface area contributed by atoms with Crippen LogP contribution in [0.5, 0.6) is 0 Å². The molecule has 0 aliphatic carbocycles. The Bertz CT molecular complexity index is 214. The summed E-state index contributed by atoms with van der Waals surface area (Å²) < 4.78 is 68.2. The molecule has 0 aromatic heterocycles. The maximum Gasteiger partial charge on any atom is 4.00 e. The maximum atomic E-state index is 8.52. The van der Waals surface area contributed by atoms with Crippen molar-refractivity contribution in [1.29, 1.82) is 0 Å². The van der Waals surface area contributed by atoms with Gasteiger partial charge in [0, 0.05) is 27.9 Å². The molecule has 12 heteroatoms. The molecule has 78 valence electrons. The van der Waals surface area contributed by atoms with Gasteiger partial charge in [-0.05, 0) is 0 Å². The van der Waals surface area contributed by atoms with Crippen LogP contribution in [0.2, 0.25) is 0 Å². The fraction of sp³-hybridized carbons (Fsp3) is 1.00. The van der Waals surface area contributed by atoms with Gasteiger partial charge in [-0.25, -0.2) is 0 Å². The minimum absolute atomic E-state index is 0. The average molecular weight is 403 g/mol. The summed E-state index contributed by atoms with van der Waals surface area (Å²) in [6.07, 6.45) is 0. The average Bonchev–Trinajstić information content (AvgIpc) is 1.59. The predicted octanol–water partition coefficient (Wildman–Crippen LogP) is -3.07. The van der Waals surface area contributed by atoms with Crippen molar-refractivity contribution in [3.63, 3.8) is 0 Å². The number of hydrogen-bond acceptors (Lipinski definition) is 9. The number of hydrogen-bond donors (Lipinski definition) is 1. The van der Waals surface area contributed by atoms with Crippen LogP contribution >= 0.6 is 0 Å². The second-order valence-corrected chi connectivity index (χ2v) is 2.45. The van der Waals surface area contributed by atoms with Crippen LogP contribution in [-0.2, 0) is 46.6 Å². The van der Waals surface area contributed by atoms with Crippen LogP contribution < -0.4 is 0 Å². The molecule has 9 nitrogen and oxygen atoms in total. The molecule has 0 unspecified atom stereocenters. The van der Waals surface area contributed by atoms with Crippen molar-refractivity contribution in [3.05, 3.63) is 0 Å². The molecule has 0 bridgehead atoms. The van der Waals surface area contributed by atoms with E-state index in [0.29, 0.717) is 0 Å². The second kappa shape index (κ2) is 10.6. The zero-order valence-electron chi connectivity index (χ0n) is 6.03. The maximum absolute atomic E-state index is 8.52. The quantitative estimate of drug-likeness (QED) is 0.249. The topological polar surface area (TPSA) is 181 Å². The number of aliphatic hydroxyl groups excluding tert-OH is 1. The first kappa shape index (κ1) is 23.4. The summed E-state index contributed by atoms with van der Waals surface area (Å²) in [5.74, 6) is 0. The molecule has 0 amide bonds. The Labute approximate surface area is 93.7 Å². The predicted molar refractivity (Wildman–Crippen MR) is 29.1 cm³/mol. The molecular formula is CH4HfO9S2. The van der Waals surface area contributed by atoms with Crippen LogP contribution in [0, 0.1) is 0 Å². The Hall–Kier alpha value is 0.570. The van der Waals surface area contributed by atoms with E-state index in [1.165, 1.54) is 0 Å². The smallest absolute Gasteiger partial charge is 0.759 e. The summed E-state index contributed by atoms with van der Waals surface area (Å²) in [7, 11) is -9.33. The Balaban J connectivity index is -0.0000000491. The first-order valence-electron chi connectivity index (χ1n) is 1.78. The van der Waals surface area contributed by atoms with Gasteiger partial charge in [0.05, 0.1) is 0 Å². The van der Waals surface area contributed by atoms with Gasteiger partial charge in [0.15, 0.2) is 0 Å². The minimum Gasteiger partial charge on any atom is -0.759 e. The van der Waals surface area contributed by atoms with E-state index in [9.17, 15) is 0 Å². The molecular weight excluding hydrogens is 399 g/mol. The molecule has 0 saturated heterocycles. The van der Waals surface area contributed by atoms with Gasteiger partial charge in [-0.2, -0.15) is 0 Å². The standard InChI is InChI=1S/CH4O.Hf.2H2O4S/c1-2;;2*1-5(2,3)4/h2H,1H3;;2*(H2,1,2,3,4)/q;+4;;/p-4. The summed E-state index contributed by atoms with van der Waals surface area (Å²) in [5, 5.41) is 7.00. The Kier molecular flexibility index (Phi) is 19.2. The van der Waals surface area contributed by atoms with E-state index >= 15 is 0 Å². The number of aliphatic hydroxyl groups is 1. The third-order valence-electron chi connectivity index (χ3n) is 0. The summed E-state index contributed by atoms with van der Waals surface area (Å²) in [6, 6.07) is 0. The first-order chi connectivity index (χ1) is 5.00. The molecule has 0 saturated carbocycles. The van der Waals surface area contributed by atoms with Crippen LogP contribution in [0.3, 0.4) is 0 Å². The number of rotatable bonds is 0. The molecule has 0 atom stereocenters. The van der Waals surface area contributed by atoms with Crippen LogP contribution in [0.4, 0.5) is 0 Å². The van der Waals surface area contributed by atoms with E-state index < -0.39 is 20.8 Å². The molecule has 0 heterocycles. The minimum atomic E-state index is -5.17. The SMILES string of the molecule is CO.O=S(=O)([O-])[O-].O=S(=O)([O-])[O-].[Hf+4]. The van der Waals surface area contributed by atoms with E-state index in [4.69, 9.17) is 40.2 Å². The van der Waals surface area contributed by atoms with Crippen molar-refractivity contribution in [1.82, 2.24) is 0 Å². The van der Waals surface area contributed by atoms with Gasteiger partial charge < -0.3 is 23.3 Å². The van der Waals surface area contributed by atoms with Gasteiger partial charge in [-0.1, -0.05) is 0 Å². The monoisotopic (exact) mass is 404 g/mol. The van der Waals surface area contributed by atoms with Crippen LogP contribution in [-0.4, -0.2) is 47.3 Å². The van der Waals surface area contributed by atoms with Gasteiger partial charge in [-0.3, -0.25) is 16.8 Å². The Morgan fingerprint density at radius 2 is 0.769 bits per heavy atom. The van der Waals surface area contributed by atoms with Crippen molar-refractivity contribution in [2.24, 2.45) is 0 Å². The molecule has 0 aromatic rings. The van der Waals surface area contributed by atoms with Crippen molar-refractivity contribution >= 4 is 20.8 Å². The van der Waals surface area contributed by atoms with Crippen molar-refractivity contribution in [2.75, 3.05) is 7.11 Å². The molecule has 0 spiro atoms. The zero-order chi connectivity index (χ0) is 11.0. The normalized spacial score (nSPS) is 9.38. The van der Waals surface area contributed by atoms with Crippen LogP contribution in [0.25, 0.3) is 0 Å². The summed E-state index contributed by atoms with van der Waals surface area (Å²) in [6.45, 7) is 0. The van der Waals surface area contributed by atoms with Crippen LogP contribution in [0.15, 0.2) is 0 Å². The van der Waals surface area contributed by atoms with Crippen molar-refractivity contribution in [2.45, 2.75) is 0 Å². The van der Waals surface area contributed by atoms with E-state index in [1.54, 1.807) is 0 Å². The van der Waals surface area contributed by atoms with Gasteiger partial charge in [0.1, 0.15) is 0 Å². The van der Waals surface area contributed by atoms with Gasteiger partial charge in [0.2, 0.25) is 0 Å². The second-order valence-electron chi connectivity index (χ2n) is 0.816. The molecule has 0 aromatic carbocycles. The summed E-state index contributed by atoms with van der Waals surface area (Å²) in [4.78, 5) is 0. The zero-order valence-corrected chi connectivity index (χ0v) is 11.3. The third kappa shape index (κ3) is 4320. The van der Waals surface area contributed by atoms with Crippen LogP contribution in [0.1, 0.15) is 0 Å².